The molecule has 2 N–H and O–H groups in total. The van der Waals surface area contributed by atoms with Gasteiger partial charge in [-0.3, -0.25) is 9.79 Å². The fourth-order valence-corrected chi connectivity index (χ4v) is 3.70. The lowest BCUT2D eigenvalue weighted by atomic mass is 10.1. The highest BCUT2D eigenvalue weighted by Crippen LogP contribution is 2.28. The summed E-state index contributed by atoms with van der Waals surface area (Å²) in [7, 11) is 1.77. The third-order valence-electron chi connectivity index (χ3n) is 5.32. The number of ether oxygens (including phenoxy) is 2. The molecule has 0 atom stereocenters. The Kier molecular flexibility index (Phi) is 11.3. The van der Waals surface area contributed by atoms with Crippen LogP contribution in [-0.2, 0) is 17.8 Å². The fourth-order valence-electron chi connectivity index (χ4n) is 3.70. The van der Waals surface area contributed by atoms with E-state index in [-0.39, 0.29) is 29.9 Å². The third-order valence-corrected chi connectivity index (χ3v) is 5.32. The summed E-state index contributed by atoms with van der Waals surface area (Å²) in [5.74, 6) is 2.53. The maximum absolute atomic E-state index is 11.9. The van der Waals surface area contributed by atoms with Gasteiger partial charge in [0.15, 0.2) is 17.5 Å². The topological polar surface area (TPSA) is 75.2 Å². The molecule has 33 heavy (non-hydrogen) atoms. The number of rotatable bonds is 10. The Balaban J connectivity index is 0.00000385. The number of aliphatic imine (C=N–C) groups is 1. The van der Waals surface area contributed by atoms with Crippen molar-refractivity contribution in [2.75, 3.05) is 38.3 Å². The minimum absolute atomic E-state index is 0. The predicted molar refractivity (Wildman–Crippen MR) is 144 cm³/mol. The zero-order valence-electron chi connectivity index (χ0n) is 19.7. The van der Waals surface area contributed by atoms with Gasteiger partial charge in [0.25, 0.3) is 0 Å². The van der Waals surface area contributed by atoms with Crippen LogP contribution < -0.4 is 25.0 Å². The minimum Gasteiger partial charge on any atom is -0.490 e. The maximum Gasteiger partial charge on any atom is 0.227 e. The van der Waals surface area contributed by atoms with E-state index in [0.29, 0.717) is 26.2 Å². The second-order valence-electron chi connectivity index (χ2n) is 7.57. The number of guanidine groups is 1. The van der Waals surface area contributed by atoms with Crippen molar-refractivity contribution >= 4 is 41.5 Å². The van der Waals surface area contributed by atoms with Crippen LogP contribution in [0.15, 0.2) is 47.5 Å². The van der Waals surface area contributed by atoms with Crippen molar-refractivity contribution in [3.05, 3.63) is 53.6 Å². The first kappa shape index (κ1) is 26.8. The number of benzene rings is 2. The molecule has 0 bridgehead atoms. The van der Waals surface area contributed by atoms with E-state index >= 15 is 0 Å². The molecule has 2 aromatic rings. The van der Waals surface area contributed by atoms with E-state index in [0.717, 1.165) is 54.6 Å². The molecule has 1 amide bonds. The zero-order valence-corrected chi connectivity index (χ0v) is 22.1. The molecule has 1 fully saturated rings. The summed E-state index contributed by atoms with van der Waals surface area (Å²) in [5.41, 5.74) is 3.28. The highest BCUT2D eigenvalue weighted by Gasteiger charge is 2.21. The molecule has 2 aromatic carbocycles. The zero-order chi connectivity index (χ0) is 22.8. The number of carbonyl (C=O) groups excluding carboxylic acids is 1. The number of nitrogens with zero attached hydrogens (tertiary/aromatic N) is 2. The summed E-state index contributed by atoms with van der Waals surface area (Å²) in [6, 6.07) is 14.2. The number of amides is 1. The second-order valence-corrected chi connectivity index (χ2v) is 7.57. The van der Waals surface area contributed by atoms with Crippen LogP contribution in [0.5, 0.6) is 11.5 Å². The molecule has 7 nitrogen and oxygen atoms in total. The van der Waals surface area contributed by atoms with Crippen molar-refractivity contribution in [2.24, 2.45) is 4.99 Å². The van der Waals surface area contributed by atoms with Crippen LogP contribution in [0.3, 0.4) is 0 Å². The van der Waals surface area contributed by atoms with Gasteiger partial charge in [-0.2, -0.15) is 0 Å². The molecule has 3 rings (SSSR count). The standard InChI is InChI=1S/C25H34N4O3.HI/c1-4-31-22-13-10-19(17-23(22)32-5-2)14-15-27-25(26-3)28-18-20-8-11-21(12-9-20)29-16-6-7-24(29)30;/h8-13,17H,4-7,14-16,18H2,1-3H3,(H2,26,27,28);1H. The molecule has 180 valence electrons. The second kappa shape index (κ2) is 13.9. The van der Waals surface area contributed by atoms with Crippen LogP contribution in [0.25, 0.3) is 0 Å². The minimum atomic E-state index is 0. The predicted octanol–water partition coefficient (Wildman–Crippen LogP) is 4.14. The van der Waals surface area contributed by atoms with E-state index in [9.17, 15) is 4.79 Å². The molecule has 0 aliphatic carbocycles. The summed E-state index contributed by atoms with van der Waals surface area (Å²) >= 11 is 0. The van der Waals surface area contributed by atoms with Gasteiger partial charge < -0.3 is 25.0 Å². The average Bonchev–Trinajstić information content (AvgIpc) is 3.24. The molecule has 0 aromatic heterocycles. The first-order chi connectivity index (χ1) is 15.6. The molecule has 1 saturated heterocycles. The van der Waals surface area contributed by atoms with Crippen molar-refractivity contribution in [2.45, 2.75) is 39.7 Å². The first-order valence-corrected chi connectivity index (χ1v) is 11.4. The lowest BCUT2D eigenvalue weighted by Gasteiger charge is -2.16. The monoisotopic (exact) mass is 566 g/mol. The van der Waals surface area contributed by atoms with E-state index in [4.69, 9.17) is 9.47 Å². The number of nitrogens with one attached hydrogen (secondary N) is 2. The average molecular weight is 566 g/mol. The fraction of sp³-hybridized carbons (Fsp3) is 0.440. The van der Waals surface area contributed by atoms with Crippen molar-refractivity contribution in [1.82, 2.24) is 10.6 Å². The summed E-state index contributed by atoms with van der Waals surface area (Å²) < 4.78 is 11.3. The normalized spacial score (nSPS) is 13.5. The van der Waals surface area contributed by atoms with Gasteiger partial charge in [-0.15, -0.1) is 24.0 Å². The Labute approximate surface area is 214 Å². The molecular weight excluding hydrogens is 531 g/mol. The van der Waals surface area contributed by atoms with Crippen molar-refractivity contribution in [3.63, 3.8) is 0 Å². The van der Waals surface area contributed by atoms with Crippen molar-refractivity contribution in [1.29, 1.82) is 0 Å². The molecule has 0 spiro atoms. The number of hydrogen-bond acceptors (Lipinski definition) is 4. The van der Waals surface area contributed by atoms with Gasteiger partial charge in [0.05, 0.1) is 13.2 Å². The molecule has 8 heteroatoms. The lowest BCUT2D eigenvalue weighted by Crippen LogP contribution is -2.37. The van der Waals surface area contributed by atoms with Gasteiger partial charge >= 0.3 is 0 Å². The molecular formula is C25H35IN4O3. The third kappa shape index (κ3) is 7.80. The van der Waals surface area contributed by atoms with Gasteiger partial charge in [0.1, 0.15) is 0 Å². The van der Waals surface area contributed by atoms with Crippen molar-refractivity contribution in [3.8, 4) is 11.5 Å². The van der Waals surface area contributed by atoms with Crippen LogP contribution in [0.2, 0.25) is 0 Å². The Hall–Kier alpha value is -2.49. The lowest BCUT2D eigenvalue weighted by molar-refractivity contribution is -0.117. The maximum atomic E-state index is 11.9. The number of hydrogen-bond donors (Lipinski definition) is 2. The molecule has 0 radical (unpaired) electrons. The van der Waals surface area contributed by atoms with Crippen LogP contribution in [0, 0.1) is 0 Å². The molecule has 1 aliphatic heterocycles. The van der Waals surface area contributed by atoms with E-state index in [1.54, 1.807) is 7.05 Å². The smallest absolute Gasteiger partial charge is 0.227 e. The van der Waals surface area contributed by atoms with Gasteiger partial charge in [-0.05, 0) is 62.1 Å². The summed E-state index contributed by atoms with van der Waals surface area (Å²) in [4.78, 5) is 18.1. The quantitative estimate of drug-likeness (QED) is 0.257. The number of carbonyl (C=O) groups is 1. The first-order valence-electron chi connectivity index (χ1n) is 11.4. The van der Waals surface area contributed by atoms with Crippen LogP contribution in [0.1, 0.15) is 37.8 Å². The SMILES string of the molecule is CCOc1ccc(CCNC(=NC)NCc2ccc(N3CCCC3=O)cc2)cc1OCC.I. The van der Waals surface area contributed by atoms with Gasteiger partial charge in [0, 0.05) is 38.8 Å². The Morgan fingerprint density at radius 2 is 1.70 bits per heavy atom. The highest BCUT2D eigenvalue weighted by molar-refractivity contribution is 14.0. The molecule has 0 saturated carbocycles. The summed E-state index contributed by atoms with van der Waals surface area (Å²) in [6.07, 6.45) is 2.42. The van der Waals surface area contributed by atoms with Gasteiger partial charge in [-0.1, -0.05) is 18.2 Å². The highest BCUT2D eigenvalue weighted by atomic mass is 127. The Morgan fingerprint density at radius 1 is 1.00 bits per heavy atom. The van der Waals surface area contributed by atoms with Crippen LogP contribution in [-0.4, -0.2) is 45.2 Å². The largest absolute Gasteiger partial charge is 0.490 e. The van der Waals surface area contributed by atoms with E-state index in [1.807, 2.05) is 43.0 Å². The molecule has 0 unspecified atom stereocenters. The van der Waals surface area contributed by atoms with Crippen LogP contribution in [0.4, 0.5) is 5.69 Å². The van der Waals surface area contributed by atoms with E-state index < -0.39 is 0 Å². The van der Waals surface area contributed by atoms with Crippen LogP contribution >= 0.6 is 24.0 Å². The van der Waals surface area contributed by atoms with E-state index in [1.165, 1.54) is 5.56 Å². The number of halogens is 1. The number of anilines is 1. The van der Waals surface area contributed by atoms with E-state index in [2.05, 4.69) is 33.8 Å². The summed E-state index contributed by atoms with van der Waals surface area (Å²) in [5, 5.41) is 6.70. The summed E-state index contributed by atoms with van der Waals surface area (Å²) in [6.45, 7) is 7.37. The molecule has 1 heterocycles. The van der Waals surface area contributed by atoms with Gasteiger partial charge in [-0.25, -0.2) is 0 Å². The Morgan fingerprint density at radius 3 is 2.33 bits per heavy atom. The van der Waals surface area contributed by atoms with Crippen molar-refractivity contribution < 1.29 is 14.3 Å². The van der Waals surface area contributed by atoms with Gasteiger partial charge in [0.2, 0.25) is 5.91 Å². The molecule has 1 aliphatic rings. The Bertz CT molecular complexity index is 918.